The van der Waals surface area contributed by atoms with Crippen LogP contribution < -0.4 is 14.2 Å². The van der Waals surface area contributed by atoms with E-state index in [-0.39, 0.29) is 31.1 Å². The molecular formula is C13H18O8S. The molecule has 0 aliphatic heterocycles. The molecule has 0 unspecified atom stereocenters. The van der Waals surface area contributed by atoms with Gasteiger partial charge in [-0.25, -0.2) is 4.79 Å². The first kappa shape index (κ1) is 18.1. The Morgan fingerprint density at radius 3 is 2.59 bits per heavy atom. The number of rotatable bonds is 8. The molecule has 124 valence electrons. The first-order valence-corrected chi connectivity index (χ1v) is 8.07. The fourth-order valence-electron chi connectivity index (χ4n) is 1.50. The van der Waals surface area contributed by atoms with Crippen molar-refractivity contribution in [1.29, 1.82) is 0 Å². The van der Waals surface area contributed by atoms with E-state index in [9.17, 15) is 13.2 Å². The quantitative estimate of drug-likeness (QED) is 0.332. The van der Waals surface area contributed by atoms with E-state index in [0.717, 1.165) is 0 Å². The fourth-order valence-corrected chi connectivity index (χ4v) is 1.98. The summed E-state index contributed by atoms with van der Waals surface area (Å²) in [6, 6.07) is 4.46. The van der Waals surface area contributed by atoms with Crippen molar-refractivity contribution >= 4 is 16.3 Å². The molecule has 0 heterocycles. The first-order chi connectivity index (χ1) is 10.4. The number of benzene rings is 1. The van der Waals surface area contributed by atoms with Crippen molar-refractivity contribution in [3.05, 3.63) is 18.2 Å². The van der Waals surface area contributed by atoms with Crippen LogP contribution in [0.2, 0.25) is 0 Å². The van der Waals surface area contributed by atoms with Crippen LogP contribution in [0.4, 0.5) is 4.79 Å². The zero-order chi connectivity index (χ0) is 16.6. The molecule has 0 radical (unpaired) electrons. The molecule has 1 rings (SSSR count). The molecule has 0 saturated carbocycles. The van der Waals surface area contributed by atoms with Gasteiger partial charge in [-0.3, -0.25) is 4.55 Å². The topological polar surface area (TPSA) is 108 Å². The maximum absolute atomic E-state index is 11.2. The lowest BCUT2D eigenvalue weighted by Crippen LogP contribution is -2.11. The van der Waals surface area contributed by atoms with Crippen LogP contribution in [0.15, 0.2) is 18.2 Å². The van der Waals surface area contributed by atoms with Crippen molar-refractivity contribution in [3.8, 4) is 17.2 Å². The van der Waals surface area contributed by atoms with Gasteiger partial charge in [0.15, 0.2) is 11.5 Å². The van der Waals surface area contributed by atoms with Gasteiger partial charge in [-0.15, -0.1) is 0 Å². The minimum atomic E-state index is -4.02. The largest absolute Gasteiger partial charge is 0.513 e. The zero-order valence-electron chi connectivity index (χ0n) is 12.3. The number of carbonyl (C=O) groups is 1. The summed E-state index contributed by atoms with van der Waals surface area (Å²) in [6.45, 7) is 1.88. The lowest BCUT2D eigenvalue weighted by Gasteiger charge is -2.12. The van der Waals surface area contributed by atoms with Crippen LogP contribution in [0.5, 0.6) is 17.2 Å². The molecule has 8 nitrogen and oxygen atoms in total. The van der Waals surface area contributed by atoms with E-state index in [4.69, 9.17) is 18.8 Å². The predicted octanol–water partition coefficient (Wildman–Crippen LogP) is 1.89. The Balaban J connectivity index is 2.68. The van der Waals surface area contributed by atoms with Gasteiger partial charge in [0, 0.05) is 6.07 Å². The van der Waals surface area contributed by atoms with Gasteiger partial charge in [-0.2, -0.15) is 8.42 Å². The van der Waals surface area contributed by atoms with E-state index in [0.29, 0.717) is 5.75 Å². The summed E-state index contributed by atoms with van der Waals surface area (Å²) in [5, 5.41) is 0. The van der Waals surface area contributed by atoms with Crippen LogP contribution >= 0.6 is 0 Å². The molecule has 0 atom stereocenters. The smallest absolute Gasteiger partial charge is 0.493 e. The van der Waals surface area contributed by atoms with Crippen LogP contribution in [0.3, 0.4) is 0 Å². The second-order valence-electron chi connectivity index (χ2n) is 4.09. The van der Waals surface area contributed by atoms with Crippen LogP contribution in [0.1, 0.15) is 13.3 Å². The highest BCUT2D eigenvalue weighted by atomic mass is 32.2. The molecule has 0 aliphatic carbocycles. The molecule has 0 bridgehead atoms. The Morgan fingerprint density at radius 1 is 1.27 bits per heavy atom. The third-order valence-corrected chi connectivity index (χ3v) is 3.21. The summed E-state index contributed by atoms with van der Waals surface area (Å²) in [5.74, 6) is 0.459. The van der Waals surface area contributed by atoms with E-state index in [1.165, 1.54) is 25.3 Å². The number of methoxy groups -OCH3 is 1. The highest BCUT2D eigenvalue weighted by Crippen LogP contribution is 2.31. The van der Waals surface area contributed by atoms with Gasteiger partial charge in [-0.1, -0.05) is 0 Å². The Kier molecular flexibility index (Phi) is 6.93. The van der Waals surface area contributed by atoms with E-state index >= 15 is 0 Å². The normalized spacial score (nSPS) is 10.9. The Labute approximate surface area is 128 Å². The van der Waals surface area contributed by atoms with Crippen molar-refractivity contribution in [2.45, 2.75) is 13.3 Å². The minimum Gasteiger partial charge on any atom is -0.493 e. The standard InChI is InChI=1S/C13H18O8S/c1-3-19-13(14)21-10-5-6-11(18-2)12(9-10)20-7-4-8-22(15,16)17/h5-6,9H,3-4,7-8H2,1-2H3,(H,15,16,17). The van der Waals surface area contributed by atoms with Crippen molar-refractivity contribution in [2.75, 3.05) is 26.1 Å². The van der Waals surface area contributed by atoms with E-state index in [2.05, 4.69) is 4.74 Å². The molecule has 9 heteroatoms. The summed E-state index contributed by atoms with van der Waals surface area (Å²) in [4.78, 5) is 11.2. The summed E-state index contributed by atoms with van der Waals surface area (Å²) < 4.78 is 49.9. The van der Waals surface area contributed by atoms with E-state index < -0.39 is 22.0 Å². The van der Waals surface area contributed by atoms with Crippen LogP contribution in [-0.2, 0) is 14.9 Å². The Bertz CT molecular complexity index is 596. The lowest BCUT2D eigenvalue weighted by atomic mass is 10.3. The molecule has 0 fully saturated rings. The van der Waals surface area contributed by atoms with Gasteiger partial charge >= 0.3 is 6.16 Å². The monoisotopic (exact) mass is 334 g/mol. The van der Waals surface area contributed by atoms with Gasteiger partial charge in [0.05, 0.1) is 26.1 Å². The second kappa shape index (κ2) is 8.44. The molecule has 0 spiro atoms. The molecule has 1 aromatic rings. The maximum atomic E-state index is 11.2. The van der Waals surface area contributed by atoms with Gasteiger partial charge < -0.3 is 18.9 Å². The van der Waals surface area contributed by atoms with Crippen LogP contribution in [0.25, 0.3) is 0 Å². The highest BCUT2D eigenvalue weighted by molar-refractivity contribution is 7.85. The van der Waals surface area contributed by atoms with Crippen LogP contribution in [0, 0.1) is 0 Å². The molecule has 0 aliphatic rings. The predicted molar refractivity (Wildman–Crippen MR) is 77.2 cm³/mol. The number of carbonyl (C=O) groups excluding carboxylic acids is 1. The number of ether oxygens (including phenoxy) is 4. The first-order valence-electron chi connectivity index (χ1n) is 6.46. The van der Waals surface area contributed by atoms with Gasteiger partial charge in [0.2, 0.25) is 0 Å². The molecule has 1 aromatic carbocycles. The SMILES string of the molecule is CCOC(=O)Oc1ccc(OC)c(OCCCS(=O)(=O)O)c1. The lowest BCUT2D eigenvalue weighted by molar-refractivity contribution is 0.104. The summed E-state index contributed by atoms with van der Waals surface area (Å²) in [5.41, 5.74) is 0. The summed E-state index contributed by atoms with van der Waals surface area (Å²) in [7, 11) is -2.59. The van der Waals surface area contributed by atoms with Gasteiger partial charge in [0.25, 0.3) is 10.1 Å². The molecular weight excluding hydrogens is 316 g/mol. The van der Waals surface area contributed by atoms with Crippen molar-refractivity contribution in [1.82, 2.24) is 0 Å². The van der Waals surface area contributed by atoms with Gasteiger partial charge in [0.1, 0.15) is 5.75 Å². The van der Waals surface area contributed by atoms with Crippen molar-refractivity contribution in [3.63, 3.8) is 0 Å². The highest BCUT2D eigenvalue weighted by Gasteiger charge is 2.11. The second-order valence-corrected chi connectivity index (χ2v) is 5.66. The van der Waals surface area contributed by atoms with Gasteiger partial charge in [-0.05, 0) is 25.5 Å². The van der Waals surface area contributed by atoms with E-state index in [1.807, 2.05) is 0 Å². The molecule has 0 saturated heterocycles. The number of hydrogen-bond donors (Lipinski definition) is 1. The maximum Gasteiger partial charge on any atom is 0.513 e. The van der Waals surface area contributed by atoms with E-state index in [1.54, 1.807) is 6.92 Å². The summed E-state index contributed by atoms with van der Waals surface area (Å²) in [6.07, 6.45) is -0.740. The van der Waals surface area contributed by atoms with Crippen molar-refractivity contribution < 1.29 is 36.7 Å². The Hall–Kier alpha value is -2.00. The molecule has 0 amide bonds. The fraction of sp³-hybridized carbons (Fsp3) is 0.462. The third-order valence-electron chi connectivity index (χ3n) is 2.40. The average molecular weight is 334 g/mol. The molecule has 0 aromatic heterocycles. The summed E-state index contributed by atoms with van der Waals surface area (Å²) >= 11 is 0. The Morgan fingerprint density at radius 2 is 2.00 bits per heavy atom. The zero-order valence-corrected chi connectivity index (χ0v) is 13.1. The van der Waals surface area contributed by atoms with Crippen LogP contribution in [-0.4, -0.2) is 45.2 Å². The minimum absolute atomic E-state index is 0.0407. The third kappa shape index (κ3) is 6.64. The molecule has 1 N–H and O–H groups in total. The number of hydrogen-bond acceptors (Lipinski definition) is 7. The average Bonchev–Trinajstić information content (AvgIpc) is 2.43. The van der Waals surface area contributed by atoms with Crippen molar-refractivity contribution in [2.24, 2.45) is 0 Å². The molecule has 22 heavy (non-hydrogen) atoms.